The Balaban J connectivity index is 2.24. The van der Waals surface area contributed by atoms with Crippen LogP contribution in [-0.4, -0.2) is 54.3 Å². The second-order valence-electron chi connectivity index (χ2n) is 4.86. The molecule has 1 unspecified atom stereocenters. The highest BCUT2D eigenvalue weighted by atomic mass is 16.1. The number of piperazine rings is 1. The SMILES string of the molecule is CCCC(=O)CN1CCN(C(C)CC)CC1. The van der Waals surface area contributed by atoms with Crippen LogP contribution in [-0.2, 0) is 4.79 Å². The van der Waals surface area contributed by atoms with Crippen LogP contribution in [0, 0.1) is 0 Å². The summed E-state index contributed by atoms with van der Waals surface area (Å²) in [6.07, 6.45) is 2.94. The molecule has 1 heterocycles. The van der Waals surface area contributed by atoms with E-state index in [-0.39, 0.29) is 0 Å². The molecule has 1 atom stereocenters. The van der Waals surface area contributed by atoms with Crippen molar-refractivity contribution in [1.82, 2.24) is 9.80 Å². The first-order chi connectivity index (χ1) is 7.67. The number of carbonyl (C=O) groups excluding carboxylic acids is 1. The van der Waals surface area contributed by atoms with Crippen LogP contribution in [0.2, 0.25) is 0 Å². The molecule has 16 heavy (non-hydrogen) atoms. The molecule has 0 spiro atoms. The summed E-state index contributed by atoms with van der Waals surface area (Å²) in [5, 5.41) is 0. The zero-order chi connectivity index (χ0) is 12.0. The maximum Gasteiger partial charge on any atom is 0.146 e. The second-order valence-corrected chi connectivity index (χ2v) is 4.86. The minimum Gasteiger partial charge on any atom is -0.298 e. The van der Waals surface area contributed by atoms with Gasteiger partial charge in [-0.1, -0.05) is 13.8 Å². The molecule has 0 amide bonds. The van der Waals surface area contributed by atoms with E-state index in [1.807, 2.05) is 0 Å². The van der Waals surface area contributed by atoms with Gasteiger partial charge in [-0.15, -0.1) is 0 Å². The molecule has 1 saturated heterocycles. The van der Waals surface area contributed by atoms with Gasteiger partial charge in [0.25, 0.3) is 0 Å². The lowest BCUT2D eigenvalue weighted by atomic mass is 10.1. The minimum absolute atomic E-state index is 0.402. The maximum atomic E-state index is 11.5. The number of carbonyl (C=O) groups is 1. The average Bonchev–Trinajstić information content (AvgIpc) is 2.29. The molecule has 1 rings (SSSR count). The molecule has 1 fully saturated rings. The third kappa shape index (κ3) is 4.22. The fraction of sp³-hybridized carbons (Fsp3) is 0.923. The number of ketones is 1. The first kappa shape index (κ1) is 13.7. The van der Waals surface area contributed by atoms with Crippen molar-refractivity contribution in [3.05, 3.63) is 0 Å². The van der Waals surface area contributed by atoms with Crippen LogP contribution in [0.5, 0.6) is 0 Å². The van der Waals surface area contributed by atoms with Crippen molar-refractivity contribution in [2.75, 3.05) is 32.7 Å². The molecule has 0 aliphatic carbocycles. The number of Topliss-reactive ketones (excluding diaryl/α,β-unsaturated/α-hetero) is 1. The topological polar surface area (TPSA) is 23.6 Å². The van der Waals surface area contributed by atoms with E-state index in [0.29, 0.717) is 18.4 Å². The van der Waals surface area contributed by atoms with E-state index in [2.05, 4.69) is 30.6 Å². The van der Waals surface area contributed by atoms with Gasteiger partial charge in [-0.3, -0.25) is 14.6 Å². The highest BCUT2D eigenvalue weighted by molar-refractivity contribution is 5.80. The van der Waals surface area contributed by atoms with Crippen molar-refractivity contribution in [3.8, 4) is 0 Å². The molecule has 1 aliphatic heterocycles. The van der Waals surface area contributed by atoms with Gasteiger partial charge < -0.3 is 0 Å². The summed E-state index contributed by atoms with van der Waals surface area (Å²) in [5.41, 5.74) is 0. The lowest BCUT2D eigenvalue weighted by Gasteiger charge is -2.37. The van der Waals surface area contributed by atoms with Crippen molar-refractivity contribution < 1.29 is 4.79 Å². The third-order valence-electron chi connectivity index (χ3n) is 3.55. The van der Waals surface area contributed by atoms with E-state index in [1.54, 1.807) is 0 Å². The van der Waals surface area contributed by atoms with E-state index >= 15 is 0 Å². The summed E-state index contributed by atoms with van der Waals surface area (Å²) < 4.78 is 0. The number of hydrogen-bond donors (Lipinski definition) is 0. The fourth-order valence-corrected chi connectivity index (χ4v) is 2.23. The molecule has 3 nitrogen and oxygen atoms in total. The Morgan fingerprint density at radius 2 is 1.81 bits per heavy atom. The summed E-state index contributed by atoms with van der Waals surface area (Å²) in [6, 6.07) is 0.688. The highest BCUT2D eigenvalue weighted by Crippen LogP contribution is 2.08. The lowest BCUT2D eigenvalue weighted by Crippen LogP contribution is -2.50. The van der Waals surface area contributed by atoms with Gasteiger partial charge in [-0.05, 0) is 19.8 Å². The van der Waals surface area contributed by atoms with Crippen molar-refractivity contribution in [1.29, 1.82) is 0 Å². The maximum absolute atomic E-state index is 11.5. The Morgan fingerprint density at radius 1 is 1.19 bits per heavy atom. The first-order valence-corrected chi connectivity index (χ1v) is 6.65. The Morgan fingerprint density at radius 3 is 2.31 bits per heavy atom. The number of hydrogen-bond acceptors (Lipinski definition) is 3. The van der Waals surface area contributed by atoms with Gasteiger partial charge in [0.05, 0.1) is 6.54 Å². The second kappa shape index (κ2) is 7.02. The van der Waals surface area contributed by atoms with Gasteiger partial charge in [0.1, 0.15) is 5.78 Å². The third-order valence-corrected chi connectivity index (χ3v) is 3.55. The van der Waals surface area contributed by atoms with Crippen molar-refractivity contribution >= 4 is 5.78 Å². The summed E-state index contributed by atoms with van der Waals surface area (Å²) in [7, 11) is 0. The van der Waals surface area contributed by atoms with E-state index < -0.39 is 0 Å². The summed E-state index contributed by atoms with van der Waals surface area (Å²) in [6.45, 7) is 11.6. The van der Waals surface area contributed by atoms with E-state index in [4.69, 9.17) is 0 Å². The van der Waals surface area contributed by atoms with Crippen molar-refractivity contribution in [2.24, 2.45) is 0 Å². The van der Waals surface area contributed by atoms with Gasteiger partial charge >= 0.3 is 0 Å². The molecule has 0 saturated carbocycles. The van der Waals surface area contributed by atoms with Crippen LogP contribution >= 0.6 is 0 Å². The molecule has 3 heteroatoms. The molecule has 1 aliphatic rings. The van der Waals surface area contributed by atoms with Crippen molar-refractivity contribution in [3.63, 3.8) is 0 Å². The van der Waals surface area contributed by atoms with Gasteiger partial charge in [-0.25, -0.2) is 0 Å². The van der Waals surface area contributed by atoms with Gasteiger partial charge in [0.2, 0.25) is 0 Å². The molecule has 0 aromatic rings. The average molecular weight is 226 g/mol. The monoisotopic (exact) mass is 226 g/mol. The summed E-state index contributed by atoms with van der Waals surface area (Å²) in [4.78, 5) is 16.4. The zero-order valence-corrected chi connectivity index (χ0v) is 11.0. The molecule has 0 aromatic carbocycles. The predicted molar refractivity (Wildman–Crippen MR) is 67.7 cm³/mol. The normalized spacial score (nSPS) is 20.9. The molecular weight excluding hydrogens is 200 g/mol. The number of rotatable bonds is 6. The summed E-state index contributed by atoms with van der Waals surface area (Å²) >= 11 is 0. The van der Waals surface area contributed by atoms with E-state index in [1.165, 1.54) is 6.42 Å². The Bertz CT molecular complexity index is 210. The van der Waals surface area contributed by atoms with Crippen LogP contribution in [0.15, 0.2) is 0 Å². The summed E-state index contributed by atoms with van der Waals surface area (Å²) in [5.74, 6) is 0.402. The fourth-order valence-electron chi connectivity index (χ4n) is 2.23. The van der Waals surface area contributed by atoms with Crippen LogP contribution in [0.25, 0.3) is 0 Å². The van der Waals surface area contributed by atoms with Crippen LogP contribution in [0.1, 0.15) is 40.0 Å². The van der Waals surface area contributed by atoms with E-state index in [9.17, 15) is 4.79 Å². The molecule has 0 bridgehead atoms. The Hall–Kier alpha value is -0.410. The number of nitrogens with zero attached hydrogens (tertiary/aromatic N) is 2. The standard InChI is InChI=1S/C13H26N2O/c1-4-6-13(16)11-14-7-9-15(10-8-14)12(3)5-2/h12H,4-11H2,1-3H3. The zero-order valence-electron chi connectivity index (χ0n) is 11.0. The van der Waals surface area contributed by atoms with E-state index in [0.717, 1.165) is 39.0 Å². The lowest BCUT2D eigenvalue weighted by molar-refractivity contribution is -0.120. The van der Waals surface area contributed by atoms with Crippen LogP contribution in [0.4, 0.5) is 0 Å². The highest BCUT2D eigenvalue weighted by Gasteiger charge is 2.20. The molecule has 0 N–H and O–H groups in total. The van der Waals surface area contributed by atoms with Gasteiger partial charge in [0, 0.05) is 38.6 Å². The van der Waals surface area contributed by atoms with Crippen LogP contribution in [0.3, 0.4) is 0 Å². The molecule has 0 radical (unpaired) electrons. The smallest absolute Gasteiger partial charge is 0.146 e. The Kier molecular flexibility index (Phi) is 5.99. The van der Waals surface area contributed by atoms with Gasteiger partial charge in [-0.2, -0.15) is 0 Å². The molecule has 0 aromatic heterocycles. The van der Waals surface area contributed by atoms with Gasteiger partial charge in [0.15, 0.2) is 0 Å². The minimum atomic E-state index is 0.402. The molecular formula is C13H26N2O. The largest absolute Gasteiger partial charge is 0.298 e. The van der Waals surface area contributed by atoms with Crippen molar-refractivity contribution in [2.45, 2.75) is 46.1 Å². The quantitative estimate of drug-likeness (QED) is 0.689. The first-order valence-electron chi connectivity index (χ1n) is 6.65. The molecule has 94 valence electrons. The van der Waals surface area contributed by atoms with Crippen LogP contribution < -0.4 is 0 Å². The Labute approximate surface area is 99.8 Å². The predicted octanol–water partition coefficient (Wildman–Crippen LogP) is 1.77.